The summed E-state index contributed by atoms with van der Waals surface area (Å²) in [7, 11) is 0. The van der Waals surface area contributed by atoms with Crippen molar-refractivity contribution in [1.82, 2.24) is 16.0 Å². The average Bonchev–Trinajstić information content (AvgIpc) is 2.71. The van der Waals surface area contributed by atoms with Gasteiger partial charge >= 0.3 is 11.9 Å². The molecular weight excluding hydrogens is 466 g/mol. The van der Waals surface area contributed by atoms with Gasteiger partial charge in [-0.3, -0.25) is 24.0 Å². The number of hydrogen-bond donors (Lipinski definition) is 8. The van der Waals surface area contributed by atoms with Crippen molar-refractivity contribution in [2.45, 2.75) is 49.9 Å². The molecule has 0 aliphatic carbocycles. The standard InChI is InChI=1S/C17H29N5O8S2/c1-32-5-4-9(20-14(26)8(18)7-31)15(27)22-11(6-13(24)25)16(28)21-10(17(29)30)2-3-12(19)23/h8-11,31H,2-7,18H2,1H3,(H2,19,23)(H,20,26)(H,21,28)(H,22,27)(H,24,25)(H,29,30). The van der Waals surface area contributed by atoms with Crippen LogP contribution in [-0.4, -0.2) is 87.7 Å². The first kappa shape index (κ1) is 29.5. The van der Waals surface area contributed by atoms with E-state index in [1.807, 2.05) is 0 Å². The Bertz CT molecular complexity index is 708. The normalized spacial score (nSPS) is 14.3. The Morgan fingerprint density at radius 1 is 0.906 bits per heavy atom. The van der Waals surface area contributed by atoms with Crippen molar-refractivity contribution in [3.05, 3.63) is 0 Å². The summed E-state index contributed by atoms with van der Waals surface area (Å²) in [6.45, 7) is 0. The summed E-state index contributed by atoms with van der Waals surface area (Å²) in [5, 5.41) is 25.0. The largest absolute Gasteiger partial charge is 0.481 e. The molecule has 0 fully saturated rings. The van der Waals surface area contributed by atoms with Crippen molar-refractivity contribution in [3.8, 4) is 0 Å². The van der Waals surface area contributed by atoms with Gasteiger partial charge in [-0.15, -0.1) is 0 Å². The highest BCUT2D eigenvalue weighted by Gasteiger charge is 2.31. The Hall–Kier alpha value is -2.52. The summed E-state index contributed by atoms with van der Waals surface area (Å²) in [6.07, 6.45) is 0.434. The lowest BCUT2D eigenvalue weighted by Gasteiger charge is -2.24. The number of carbonyl (C=O) groups is 6. The van der Waals surface area contributed by atoms with Gasteiger partial charge in [0.25, 0.3) is 0 Å². The maximum Gasteiger partial charge on any atom is 0.326 e. The molecule has 0 bridgehead atoms. The maximum absolute atomic E-state index is 12.7. The lowest BCUT2D eigenvalue weighted by Crippen LogP contribution is -2.57. The Morgan fingerprint density at radius 3 is 1.91 bits per heavy atom. The first-order chi connectivity index (χ1) is 14.9. The van der Waals surface area contributed by atoms with Crippen LogP contribution >= 0.6 is 24.4 Å². The third-order valence-corrected chi connectivity index (χ3v) is 5.12. The molecule has 0 aliphatic heterocycles. The van der Waals surface area contributed by atoms with Crippen LogP contribution in [-0.2, 0) is 28.8 Å². The highest BCUT2D eigenvalue weighted by atomic mass is 32.2. The fourth-order valence-corrected chi connectivity index (χ4v) is 2.98. The van der Waals surface area contributed by atoms with E-state index in [-0.39, 0.29) is 25.0 Å². The number of hydrogen-bond acceptors (Lipinski definition) is 9. The van der Waals surface area contributed by atoms with E-state index in [1.165, 1.54) is 11.8 Å². The van der Waals surface area contributed by atoms with Crippen LogP contribution in [0.3, 0.4) is 0 Å². The van der Waals surface area contributed by atoms with E-state index < -0.39 is 66.2 Å². The van der Waals surface area contributed by atoms with E-state index in [9.17, 15) is 33.9 Å². The molecule has 0 heterocycles. The number of carboxylic acids is 2. The number of thioether (sulfide) groups is 1. The van der Waals surface area contributed by atoms with Crippen LogP contribution in [0.15, 0.2) is 0 Å². The van der Waals surface area contributed by atoms with Gasteiger partial charge < -0.3 is 37.6 Å². The van der Waals surface area contributed by atoms with Crippen molar-refractivity contribution in [3.63, 3.8) is 0 Å². The number of carbonyl (C=O) groups excluding carboxylic acids is 4. The van der Waals surface area contributed by atoms with Gasteiger partial charge in [0.15, 0.2) is 0 Å². The second kappa shape index (κ2) is 15.3. The number of nitrogens with two attached hydrogens (primary N) is 2. The molecule has 4 unspecified atom stereocenters. The molecule has 15 heteroatoms. The summed E-state index contributed by atoms with van der Waals surface area (Å²) in [4.78, 5) is 70.6. The summed E-state index contributed by atoms with van der Waals surface area (Å²) < 4.78 is 0. The monoisotopic (exact) mass is 495 g/mol. The van der Waals surface area contributed by atoms with Crippen molar-refractivity contribution in [2.75, 3.05) is 17.8 Å². The van der Waals surface area contributed by atoms with Crippen molar-refractivity contribution in [1.29, 1.82) is 0 Å². The average molecular weight is 496 g/mol. The van der Waals surface area contributed by atoms with Crippen LogP contribution in [0, 0.1) is 0 Å². The quantitative estimate of drug-likeness (QED) is 0.103. The minimum Gasteiger partial charge on any atom is -0.481 e. The summed E-state index contributed by atoms with van der Waals surface area (Å²) in [6, 6.07) is -5.26. The van der Waals surface area contributed by atoms with Crippen LogP contribution in [0.4, 0.5) is 0 Å². The number of rotatable bonds is 16. The fourth-order valence-electron chi connectivity index (χ4n) is 2.34. The SMILES string of the molecule is CSCCC(NC(=O)C(N)CS)C(=O)NC(CC(=O)O)C(=O)NC(CCC(N)=O)C(=O)O. The van der Waals surface area contributed by atoms with E-state index in [0.29, 0.717) is 5.75 Å². The second-order valence-electron chi connectivity index (χ2n) is 6.70. The van der Waals surface area contributed by atoms with Gasteiger partial charge in [-0.25, -0.2) is 4.79 Å². The second-order valence-corrected chi connectivity index (χ2v) is 8.05. The Balaban J connectivity index is 5.44. The van der Waals surface area contributed by atoms with E-state index in [2.05, 4.69) is 28.6 Å². The Morgan fingerprint density at radius 2 is 1.44 bits per heavy atom. The fraction of sp³-hybridized carbons (Fsp3) is 0.647. The molecule has 4 amide bonds. The van der Waals surface area contributed by atoms with Gasteiger partial charge in [0.1, 0.15) is 18.1 Å². The van der Waals surface area contributed by atoms with Crippen LogP contribution in [0.25, 0.3) is 0 Å². The molecule has 4 atom stereocenters. The molecule has 182 valence electrons. The molecule has 0 aromatic heterocycles. The minimum atomic E-state index is -1.64. The predicted molar refractivity (Wildman–Crippen MR) is 119 cm³/mol. The zero-order chi connectivity index (χ0) is 24.8. The zero-order valence-electron chi connectivity index (χ0n) is 17.4. The first-order valence-corrected chi connectivity index (χ1v) is 11.4. The van der Waals surface area contributed by atoms with Crippen LogP contribution in [0.1, 0.15) is 25.7 Å². The van der Waals surface area contributed by atoms with E-state index in [0.717, 1.165) is 0 Å². The third kappa shape index (κ3) is 11.8. The molecule has 9 N–H and O–H groups in total. The molecule has 13 nitrogen and oxygen atoms in total. The predicted octanol–water partition coefficient (Wildman–Crippen LogP) is -2.72. The number of amides is 4. The lowest BCUT2D eigenvalue weighted by molar-refractivity contribution is -0.143. The lowest BCUT2D eigenvalue weighted by atomic mass is 10.1. The summed E-state index contributed by atoms with van der Waals surface area (Å²) >= 11 is 5.30. The van der Waals surface area contributed by atoms with Gasteiger partial charge in [-0.05, 0) is 24.9 Å². The highest BCUT2D eigenvalue weighted by Crippen LogP contribution is 2.05. The van der Waals surface area contributed by atoms with Crippen molar-refractivity contribution in [2.24, 2.45) is 11.5 Å². The maximum atomic E-state index is 12.7. The topological polar surface area (TPSA) is 231 Å². The van der Waals surface area contributed by atoms with Crippen LogP contribution in [0.5, 0.6) is 0 Å². The first-order valence-electron chi connectivity index (χ1n) is 9.42. The number of thiol groups is 1. The molecule has 0 aromatic rings. The molecule has 0 aliphatic rings. The third-order valence-electron chi connectivity index (χ3n) is 4.08. The van der Waals surface area contributed by atoms with Gasteiger partial charge in [-0.1, -0.05) is 0 Å². The van der Waals surface area contributed by atoms with Gasteiger partial charge in [0, 0.05) is 12.2 Å². The van der Waals surface area contributed by atoms with E-state index >= 15 is 0 Å². The molecule has 0 saturated heterocycles. The van der Waals surface area contributed by atoms with Gasteiger partial charge in [0.2, 0.25) is 23.6 Å². The van der Waals surface area contributed by atoms with Crippen molar-refractivity contribution < 1.29 is 39.0 Å². The smallest absolute Gasteiger partial charge is 0.326 e. The highest BCUT2D eigenvalue weighted by molar-refractivity contribution is 7.98. The molecule has 0 radical (unpaired) electrons. The van der Waals surface area contributed by atoms with Crippen molar-refractivity contribution >= 4 is 60.0 Å². The van der Waals surface area contributed by atoms with E-state index in [1.54, 1.807) is 6.26 Å². The molecule has 32 heavy (non-hydrogen) atoms. The number of aliphatic carboxylic acids is 2. The molecule has 0 aromatic carbocycles. The van der Waals surface area contributed by atoms with Gasteiger partial charge in [0.05, 0.1) is 12.5 Å². The molecular formula is C17H29N5O8S2. The Labute approximate surface area is 194 Å². The van der Waals surface area contributed by atoms with Gasteiger partial charge in [-0.2, -0.15) is 24.4 Å². The van der Waals surface area contributed by atoms with Crippen LogP contribution in [0.2, 0.25) is 0 Å². The Kier molecular flexibility index (Phi) is 14.1. The number of primary amides is 1. The number of nitrogens with one attached hydrogen (secondary N) is 3. The molecule has 0 rings (SSSR count). The minimum absolute atomic E-state index is 0.0224. The summed E-state index contributed by atoms with van der Waals surface area (Å²) in [5.74, 6) is -5.79. The molecule has 0 saturated carbocycles. The summed E-state index contributed by atoms with van der Waals surface area (Å²) in [5.41, 5.74) is 10.6. The van der Waals surface area contributed by atoms with Crippen LogP contribution < -0.4 is 27.4 Å². The zero-order valence-corrected chi connectivity index (χ0v) is 19.1. The van der Waals surface area contributed by atoms with E-state index in [4.69, 9.17) is 16.6 Å². The molecule has 0 spiro atoms. The number of carboxylic acid groups (broad SMARTS) is 2.